The van der Waals surface area contributed by atoms with Crippen LogP contribution in [0.5, 0.6) is 0 Å². The first-order chi connectivity index (χ1) is 15.2. The molecule has 5 aromatic rings. The number of carbonyl (C=O) groups is 2. The van der Waals surface area contributed by atoms with Gasteiger partial charge in [0.15, 0.2) is 11.6 Å². The molecule has 0 bridgehead atoms. The van der Waals surface area contributed by atoms with Crippen molar-refractivity contribution in [3.05, 3.63) is 81.2 Å². The lowest BCUT2D eigenvalue weighted by Crippen LogP contribution is -2.02. The zero-order chi connectivity index (χ0) is 21.2. The predicted molar refractivity (Wildman–Crippen MR) is 136 cm³/mol. The van der Waals surface area contributed by atoms with Gasteiger partial charge in [0.2, 0.25) is 0 Å². The molecule has 0 spiro atoms. The van der Waals surface area contributed by atoms with Crippen LogP contribution in [0.4, 0.5) is 0 Å². The van der Waals surface area contributed by atoms with Crippen molar-refractivity contribution in [1.29, 1.82) is 0 Å². The molecule has 7 heteroatoms. The van der Waals surface area contributed by atoms with Crippen molar-refractivity contribution in [2.24, 2.45) is 0 Å². The molecule has 0 fully saturated rings. The standard InChI is InChI=1S/C24H16O2S5/c25-15(17-7-9-21(29-17)19-3-1-13-27-19)5-6-16(26)18-8-10-23(30-18)24-12-11-22(31-24)20-4-2-14-28-20/h1-4,7-14H,5-6H2. The molecule has 5 heterocycles. The molecule has 0 aliphatic rings. The first-order valence-electron chi connectivity index (χ1n) is 9.61. The molecule has 0 N–H and O–H groups in total. The van der Waals surface area contributed by atoms with E-state index in [-0.39, 0.29) is 24.4 Å². The molecule has 0 saturated carbocycles. The number of hydrogen-bond donors (Lipinski definition) is 0. The minimum absolute atomic E-state index is 0.0367. The summed E-state index contributed by atoms with van der Waals surface area (Å²) in [5.74, 6) is 0.0754. The Morgan fingerprint density at radius 2 is 0.935 bits per heavy atom. The fourth-order valence-electron chi connectivity index (χ4n) is 3.15. The van der Waals surface area contributed by atoms with Crippen LogP contribution in [0.25, 0.3) is 29.3 Å². The van der Waals surface area contributed by atoms with E-state index in [1.54, 1.807) is 34.0 Å². The summed E-state index contributed by atoms with van der Waals surface area (Å²) < 4.78 is 0. The maximum Gasteiger partial charge on any atom is 0.173 e. The number of thiophene rings is 5. The smallest absolute Gasteiger partial charge is 0.173 e. The van der Waals surface area contributed by atoms with E-state index in [1.165, 1.54) is 42.2 Å². The average molecular weight is 497 g/mol. The Morgan fingerprint density at radius 3 is 1.42 bits per heavy atom. The lowest BCUT2D eigenvalue weighted by molar-refractivity contribution is 0.0921. The van der Waals surface area contributed by atoms with Gasteiger partial charge in [0.1, 0.15) is 0 Å². The zero-order valence-electron chi connectivity index (χ0n) is 16.2. The van der Waals surface area contributed by atoms with Crippen molar-refractivity contribution in [2.45, 2.75) is 12.8 Å². The van der Waals surface area contributed by atoms with E-state index >= 15 is 0 Å². The van der Waals surface area contributed by atoms with E-state index in [0.29, 0.717) is 0 Å². The number of ketones is 2. The summed E-state index contributed by atoms with van der Waals surface area (Å²) in [6.45, 7) is 0. The number of carbonyl (C=O) groups excluding carboxylic acids is 2. The summed E-state index contributed by atoms with van der Waals surface area (Å²) in [5, 5.41) is 4.11. The summed E-state index contributed by atoms with van der Waals surface area (Å²) in [6.07, 6.45) is 0.494. The van der Waals surface area contributed by atoms with Gasteiger partial charge in [-0.3, -0.25) is 9.59 Å². The molecule has 154 valence electrons. The molecule has 31 heavy (non-hydrogen) atoms. The lowest BCUT2D eigenvalue weighted by atomic mass is 10.1. The highest BCUT2D eigenvalue weighted by atomic mass is 32.1. The van der Waals surface area contributed by atoms with Gasteiger partial charge < -0.3 is 0 Å². The van der Waals surface area contributed by atoms with Crippen LogP contribution < -0.4 is 0 Å². The molecule has 5 rings (SSSR count). The van der Waals surface area contributed by atoms with E-state index in [1.807, 2.05) is 35.7 Å². The second kappa shape index (κ2) is 9.14. The zero-order valence-corrected chi connectivity index (χ0v) is 20.3. The Labute approximate surface area is 200 Å². The molecule has 0 aliphatic carbocycles. The second-order valence-corrected chi connectivity index (χ2v) is 11.9. The molecule has 0 amide bonds. The monoisotopic (exact) mass is 496 g/mol. The Hall–Kier alpha value is -2.16. The molecular formula is C24H16O2S5. The number of Topliss-reactive ketones (excluding diaryl/α,β-unsaturated/α-hetero) is 2. The quantitative estimate of drug-likeness (QED) is 0.201. The molecule has 0 unspecified atom stereocenters. The van der Waals surface area contributed by atoms with E-state index < -0.39 is 0 Å². The van der Waals surface area contributed by atoms with E-state index in [2.05, 4.69) is 35.7 Å². The highest BCUT2D eigenvalue weighted by molar-refractivity contribution is 7.26. The molecular weight excluding hydrogens is 481 g/mol. The second-order valence-electron chi connectivity index (χ2n) is 6.79. The molecule has 0 radical (unpaired) electrons. The van der Waals surface area contributed by atoms with Gasteiger partial charge in [-0.1, -0.05) is 12.1 Å². The predicted octanol–water partition coefficient (Wildman–Crippen LogP) is 8.84. The highest BCUT2D eigenvalue weighted by Gasteiger charge is 2.16. The van der Waals surface area contributed by atoms with Crippen molar-refractivity contribution in [2.75, 3.05) is 0 Å². The Bertz CT molecular complexity index is 1320. The summed E-state index contributed by atoms with van der Waals surface area (Å²) in [7, 11) is 0. The third-order valence-corrected chi connectivity index (χ3v) is 10.4. The Balaban J connectivity index is 1.22. The Kier molecular flexibility index (Phi) is 6.11. The van der Waals surface area contributed by atoms with E-state index in [0.717, 1.165) is 19.5 Å². The summed E-state index contributed by atoms with van der Waals surface area (Å²) >= 11 is 8.15. The SMILES string of the molecule is O=C(CCC(=O)c1ccc(-c2ccc(-c3cccs3)s2)s1)c1ccc(-c2cccs2)s1. The minimum Gasteiger partial charge on any atom is -0.293 e. The molecule has 5 aromatic heterocycles. The van der Waals surface area contributed by atoms with Crippen LogP contribution in [0, 0.1) is 0 Å². The van der Waals surface area contributed by atoms with Gasteiger partial charge in [0.25, 0.3) is 0 Å². The van der Waals surface area contributed by atoms with Gasteiger partial charge in [0, 0.05) is 42.1 Å². The van der Waals surface area contributed by atoms with Crippen LogP contribution in [-0.2, 0) is 0 Å². The minimum atomic E-state index is 0.0367. The van der Waals surface area contributed by atoms with Crippen LogP contribution in [0.15, 0.2) is 71.4 Å². The van der Waals surface area contributed by atoms with Crippen molar-refractivity contribution in [3.8, 4) is 29.3 Å². The molecule has 0 saturated heterocycles. The lowest BCUT2D eigenvalue weighted by Gasteiger charge is -1.98. The first kappa shape index (κ1) is 20.7. The maximum absolute atomic E-state index is 12.7. The van der Waals surface area contributed by atoms with Gasteiger partial charge >= 0.3 is 0 Å². The fraction of sp³-hybridized carbons (Fsp3) is 0.0833. The van der Waals surface area contributed by atoms with Crippen molar-refractivity contribution < 1.29 is 9.59 Å². The van der Waals surface area contributed by atoms with Gasteiger partial charge in [-0.05, 0) is 59.3 Å². The van der Waals surface area contributed by atoms with Gasteiger partial charge in [-0.25, -0.2) is 0 Å². The van der Waals surface area contributed by atoms with Crippen LogP contribution in [-0.4, -0.2) is 11.6 Å². The topological polar surface area (TPSA) is 34.1 Å². The third kappa shape index (κ3) is 4.56. The molecule has 2 nitrogen and oxygen atoms in total. The average Bonchev–Trinajstić information content (AvgIpc) is 3.61. The Morgan fingerprint density at radius 1 is 0.516 bits per heavy atom. The largest absolute Gasteiger partial charge is 0.293 e. The first-order valence-corrected chi connectivity index (χ1v) is 13.8. The highest BCUT2D eigenvalue weighted by Crippen LogP contribution is 2.39. The molecule has 0 atom stereocenters. The molecule has 0 aliphatic heterocycles. The van der Waals surface area contributed by atoms with E-state index in [9.17, 15) is 9.59 Å². The van der Waals surface area contributed by atoms with Crippen molar-refractivity contribution in [3.63, 3.8) is 0 Å². The van der Waals surface area contributed by atoms with Gasteiger partial charge in [-0.15, -0.1) is 56.7 Å². The number of hydrogen-bond acceptors (Lipinski definition) is 7. The van der Waals surface area contributed by atoms with Crippen LogP contribution in [0.2, 0.25) is 0 Å². The number of rotatable bonds is 8. The summed E-state index contributed by atoms with van der Waals surface area (Å²) in [5.41, 5.74) is 0. The van der Waals surface area contributed by atoms with Crippen molar-refractivity contribution >= 4 is 68.3 Å². The van der Waals surface area contributed by atoms with Gasteiger partial charge in [-0.2, -0.15) is 0 Å². The van der Waals surface area contributed by atoms with Gasteiger partial charge in [0.05, 0.1) is 9.75 Å². The van der Waals surface area contributed by atoms with Crippen LogP contribution in [0.1, 0.15) is 32.2 Å². The summed E-state index contributed by atoms with van der Waals surface area (Å²) in [6, 6.07) is 20.3. The molecule has 0 aromatic carbocycles. The summed E-state index contributed by atoms with van der Waals surface area (Å²) in [4.78, 5) is 33.7. The van der Waals surface area contributed by atoms with Crippen molar-refractivity contribution in [1.82, 2.24) is 0 Å². The van der Waals surface area contributed by atoms with Crippen LogP contribution in [0.3, 0.4) is 0 Å². The normalized spacial score (nSPS) is 11.1. The van der Waals surface area contributed by atoms with E-state index in [4.69, 9.17) is 0 Å². The third-order valence-electron chi connectivity index (χ3n) is 4.72. The fourth-order valence-corrected chi connectivity index (χ4v) is 7.87. The maximum atomic E-state index is 12.7. The van der Waals surface area contributed by atoms with Crippen LogP contribution >= 0.6 is 56.7 Å².